The first-order chi connectivity index (χ1) is 8.20. The second-order valence-corrected chi connectivity index (χ2v) is 4.40. The molecule has 0 bridgehead atoms. The third-order valence-electron chi connectivity index (χ3n) is 2.72. The van der Waals surface area contributed by atoms with Crippen molar-refractivity contribution >= 4 is 11.6 Å². The van der Waals surface area contributed by atoms with Crippen molar-refractivity contribution in [2.75, 3.05) is 6.54 Å². The van der Waals surface area contributed by atoms with Crippen molar-refractivity contribution < 1.29 is 0 Å². The summed E-state index contributed by atoms with van der Waals surface area (Å²) in [4.78, 5) is 0. The van der Waals surface area contributed by atoms with Crippen LogP contribution in [0.2, 0.25) is 5.02 Å². The fraction of sp³-hybridized carbons (Fsp3) is 0.615. The van der Waals surface area contributed by atoms with Crippen LogP contribution in [0.5, 0.6) is 0 Å². The zero-order valence-electron chi connectivity index (χ0n) is 10.6. The SMILES string of the molecule is C#CCCCCNCc1c(Cl)c(CC)nn1C. The van der Waals surface area contributed by atoms with E-state index in [2.05, 4.69) is 23.3 Å². The molecular formula is C13H20ClN3. The van der Waals surface area contributed by atoms with Gasteiger partial charge in [-0.25, -0.2) is 0 Å². The highest BCUT2D eigenvalue weighted by Gasteiger charge is 2.11. The third kappa shape index (κ3) is 4.07. The number of halogens is 1. The zero-order valence-corrected chi connectivity index (χ0v) is 11.3. The highest BCUT2D eigenvalue weighted by molar-refractivity contribution is 6.31. The number of hydrogen-bond donors (Lipinski definition) is 1. The van der Waals surface area contributed by atoms with E-state index in [1.165, 1.54) is 0 Å². The fourth-order valence-corrected chi connectivity index (χ4v) is 2.06. The topological polar surface area (TPSA) is 29.9 Å². The van der Waals surface area contributed by atoms with Crippen LogP contribution in [0.4, 0.5) is 0 Å². The van der Waals surface area contributed by atoms with E-state index in [0.717, 1.165) is 55.2 Å². The molecule has 3 nitrogen and oxygen atoms in total. The number of nitrogens with one attached hydrogen (secondary N) is 1. The molecule has 0 amide bonds. The number of unbranched alkanes of at least 4 members (excludes halogenated alkanes) is 2. The lowest BCUT2D eigenvalue weighted by Crippen LogP contribution is -2.17. The Morgan fingerprint density at radius 2 is 2.24 bits per heavy atom. The number of aryl methyl sites for hydroxylation is 2. The Morgan fingerprint density at radius 3 is 2.82 bits per heavy atom. The smallest absolute Gasteiger partial charge is 0.0863 e. The maximum absolute atomic E-state index is 6.24. The monoisotopic (exact) mass is 253 g/mol. The van der Waals surface area contributed by atoms with Crippen molar-refractivity contribution in [2.24, 2.45) is 7.05 Å². The van der Waals surface area contributed by atoms with Crippen LogP contribution >= 0.6 is 11.6 Å². The number of terminal acetylenes is 1. The third-order valence-corrected chi connectivity index (χ3v) is 3.16. The standard InChI is InChI=1S/C13H20ClN3/c1-4-6-7-8-9-15-10-12-13(14)11(5-2)16-17(12)3/h1,15H,5-10H2,2-3H3. The first-order valence-corrected chi connectivity index (χ1v) is 6.42. The van der Waals surface area contributed by atoms with Crippen molar-refractivity contribution in [2.45, 2.75) is 39.2 Å². The summed E-state index contributed by atoms with van der Waals surface area (Å²) >= 11 is 6.24. The molecule has 0 aliphatic rings. The van der Waals surface area contributed by atoms with Crippen LogP contribution in [0.1, 0.15) is 37.6 Å². The van der Waals surface area contributed by atoms with Crippen LogP contribution < -0.4 is 5.32 Å². The Kier molecular flexibility index (Phi) is 6.10. The van der Waals surface area contributed by atoms with Crippen LogP contribution in [0.15, 0.2) is 0 Å². The largest absolute Gasteiger partial charge is 0.311 e. The summed E-state index contributed by atoms with van der Waals surface area (Å²) in [5.74, 6) is 2.64. The molecule has 0 saturated carbocycles. The predicted molar refractivity (Wildman–Crippen MR) is 72.0 cm³/mol. The maximum Gasteiger partial charge on any atom is 0.0863 e. The van der Waals surface area contributed by atoms with Crippen molar-refractivity contribution in [3.63, 3.8) is 0 Å². The Hall–Kier alpha value is -0.980. The molecule has 1 rings (SSSR count). The molecule has 17 heavy (non-hydrogen) atoms. The van der Waals surface area contributed by atoms with E-state index in [-0.39, 0.29) is 0 Å². The molecule has 0 fully saturated rings. The Morgan fingerprint density at radius 1 is 1.47 bits per heavy atom. The summed E-state index contributed by atoms with van der Waals surface area (Å²) in [5, 5.41) is 8.54. The molecule has 1 heterocycles. The van der Waals surface area contributed by atoms with E-state index in [1.54, 1.807) is 0 Å². The molecule has 94 valence electrons. The minimum Gasteiger partial charge on any atom is -0.311 e. The van der Waals surface area contributed by atoms with Gasteiger partial charge in [-0.05, 0) is 25.8 Å². The number of hydrogen-bond acceptors (Lipinski definition) is 2. The van der Waals surface area contributed by atoms with Gasteiger partial charge in [-0.1, -0.05) is 18.5 Å². The van der Waals surface area contributed by atoms with E-state index in [9.17, 15) is 0 Å². The number of aromatic nitrogens is 2. The molecule has 1 aromatic rings. The molecule has 1 aromatic heterocycles. The summed E-state index contributed by atoms with van der Waals surface area (Å²) in [5.41, 5.74) is 2.03. The lowest BCUT2D eigenvalue weighted by molar-refractivity contribution is 0.595. The quantitative estimate of drug-likeness (QED) is 0.598. The molecule has 0 unspecified atom stereocenters. The molecule has 0 spiro atoms. The van der Waals surface area contributed by atoms with Crippen LogP contribution in [0.25, 0.3) is 0 Å². The van der Waals surface area contributed by atoms with Gasteiger partial charge in [-0.2, -0.15) is 5.10 Å². The molecule has 0 aliphatic heterocycles. The fourth-order valence-electron chi connectivity index (χ4n) is 1.70. The predicted octanol–water partition coefficient (Wildman–Crippen LogP) is 2.53. The summed E-state index contributed by atoms with van der Waals surface area (Å²) < 4.78 is 1.86. The molecule has 0 aliphatic carbocycles. The molecule has 4 heteroatoms. The van der Waals surface area contributed by atoms with Gasteiger partial charge in [0.1, 0.15) is 0 Å². The molecular weight excluding hydrogens is 234 g/mol. The molecule has 0 saturated heterocycles. The zero-order chi connectivity index (χ0) is 12.7. The van der Waals surface area contributed by atoms with Gasteiger partial charge < -0.3 is 5.32 Å². The Bertz CT molecular complexity index is 390. The van der Waals surface area contributed by atoms with Gasteiger partial charge in [0.05, 0.1) is 16.4 Å². The van der Waals surface area contributed by atoms with Crippen LogP contribution in [0.3, 0.4) is 0 Å². The van der Waals surface area contributed by atoms with E-state index in [0.29, 0.717) is 0 Å². The van der Waals surface area contributed by atoms with E-state index in [1.807, 2.05) is 11.7 Å². The summed E-state index contributed by atoms with van der Waals surface area (Å²) in [7, 11) is 1.93. The summed E-state index contributed by atoms with van der Waals surface area (Å²) in [6.45, 7) is 3.79. The van der Waals surface area contributed by atoms with Gasteiger partial charge in [-0.3, -0.25) is 4.68 Å². The normalized spacial score (nSPS) is 10.5. The van der Waals surface area contributed by atoms with Gasteiger partial charge >= 0.3 is 0 Å². The van der Waals surface area contributed by atoms with E-state index >= 15 is 0 Å². The highest BCUT2D eigenvalue weighted by atomic mass is 35.5. The van der Waals surface area contributed by atoms with Gasteiger partial charge in [0.25, 0.3) is 0 Å². The first kappa shape index (κ1) is 14.1. The second kappa shape index (κ2) is 7.37. The van der Waals surface area contributed by atoms with Crippen LogP contribution in [-0.2, 0) is 20.0 Å². The average Bonchev–Trinajstić information content (AvgIpc) is 2.60. The second-order valence-electron chi connectivity index (χ2n) is 4.02. The average molecular weight is 254 g/mol. The van der Waals surface area contributed by atoms with Gasteiger partial charge in [0.15, 0.2) is 0 Å². The lowest BCUT2D eigenvalue weighted by atomic mass is 10.2. The number of nitrogens with zero attached hydrogens (tertiary/aromatic N) is 2. The molecule has 1 N–H and O–H groups in total. The Labute approximate surface area is 109 Å². The van der Waals surface area contributed by atoms with Gasteiger partial charge in [0.2, 0.25) is 0 Å². The van der Waals surface area contributed by atoms with Crippen LogP contribution in [-0.4, -0.2) is 16.3 Å². The summed E-state index contributed by atoms with van der Waals surface area (Å²) in [6, 6.07) is 0. The molecule has 0 atom stereocenters. The molecule has 0 aromatic carbocycles. The maximum atomic E-state index is 6.24. The number of rotatable bonds is 7. The van der Waals surface area contributed by atoms with Crippen LogP contribution in [0, 0.1) is 12.3 Å². The van der Waals surface area contributed by atoms with Gasteiger partial charge in [0, 0.05) is 20.0 Å². The van der Waals surface area contributed by atoms with E-state index < -0.39 is 0 Å². The van der Waals surface area contributed by atoms with Gasteiger partial charge in [-0.15, -0.1) is 12.3 Å². The van der Waals surface area contributed by atoms with Crippen molar-refractivity contribution in [3.8, 4) is 12.3 Å². The minimum absolute atomic E-state index is 0.762. The minimum atomic E-state index is 0.762. The summed E-state index contributed by atoms with van der Waals surface area (Å²) in [6.07, 6.45) is 9.09. The lowest BCUT2D eigenvalue weighted by Gasteiger charge is -2.05. The highest BCUT2D eigenvalue weighted by Crippen LogP contribution is 2.20. The van der Waals surface area contributed by atoms with Crippen molar-refractivity contribution in [3.05, 3.63) is 16.4 Å². The van der Waals surface area contributed by atoms with Crippen molar-refractivity contribution in [1.82, 2.24) is 15.1 Å². The Balaban J connectivity index is 2.37. The van der Waals surface area contributed by atoms with E-state index in [4.69, 9.17) is 18.0 Å². The molecule has 0 radical (unpaired) electrons. The van der Waals surface area contributed by atoms with Crippen molar-refractivity contribution in [1.29, 1.82) is 0 Å². The first-order valence-electron chi connectivity index (χ1n) is 6.05.